The van der Waals surface area contributed by atoms with Gasteiger partial charge in [-0.2, -0.15) is 10.1 Å². The highest BCUT2D eigenvalue weighted by molar-refractivity contribution is 5.98. The number of rotatable bonds is 4. The van der Waals surface area contributed by atoms with Gasteiger partial charge in [-0.1, -0.05) is 25.1 Å². The number of Topliss-reactive ketones (excluding diaryl/α,β-unsaturated/α-hetero) is 1. The number of para-hydroxylation sites is 1. The molecule has 9 nitrogen and oxygen atoms in total. The third-order valence-electron chi connectivity index (χ3n) is 5.74. The van der Waals surface area contributed by atoms with Gasteiger partial charge >= 0.3 is 0 Å². The van der Waals surface area contributed by atoms with Crippen LogP contribution in [0.15, 0.2) is 53.6 Å². The zero-order chi connectivity index (χ0) is 22.6. The molecule has 4 heterocycles. The molecule has 162 valence electrons. The maximum absolute atomic E-state index is 14.4. The Morgan fingerprint density at radius 3 is 2.66 bits per heavy atom. The fraction of sp³-hybridized carbons (Fsp3) is 0.227. The molecule has 0 radical (unpaired) electrons. The Morgan fingerprint density at radius 2 is 1.97 bits per heavy atom. The van der Waals surface area contributed by atoms with Crippen LogP contribution in [-0.2, 0) is 0 Å². The quantitative estimate of drug-likeness (QED) is 0.492. The van der Waals surface area contributed by atoms with E-state index in [9.17, 15) is 14.0 Å². The SMILES string of the molecule is CC(=O)c1cnc(N)nc1N1C[C@@H](C)[C@H]1c1nn2ccc(F)c2c(=O)n1-c1ccccc1. The first-order chi connectivity index (χ1) is 15.4. The first-order valence-corrected chi connectivity index (χ1v) is 10.1. The number of nitrogens with two attached hydrogens (primary N) is 1. The van der Waals surface area contributed by atoms with E-state index in [1.807, 2.05) is 17.9 Å². The van der Waals surface area contributed by atoms with E-state index in [1.54, 1.807) is 24.3 Å². The summed E-state index contributed by atoms with van der Waals surface area (Å²) in [6.45, 7) is 4.02. The normalized spacial score (nSPS) is 18.0. The molecule has 2 N–H and O–H groups in total. The average molecular weight is 433 g/mol. The van der Waals surface area contributed by atoms with Crippen molar-refractivity contribution in [3.05, 3.63) is 76.4 Å². The molecule has 32 heavy (non-hydrogen) atoms. The molecule has 0 unspecified atom stereocenters. The first kappa shape index (κ1) is 19.9. The summed E-state index contributed by atoms with van der Waals surface area (Å²) in [7, 11) is 0. The van der Waals surface area contributed by atoms with Gasteiger partial charge in [0.25, 0.3) is 5.56 Å². The molecule has 0 saturated carbocycles. The molecule has 5 rings (SSSR count). The molecule has 1 saturated heterocycles. The van der Waals surface area contributed by atoms with Gasteiger partial charge in [-0.3, -0.25) is 14.2 Å². The number of halogens is 1. The van der Waals surface area contributed by atoms with Crippen LogP contribution in [-0.4, -0.2) is 36.5 Å². The number of fused-ring (bicyclic) bond motifs is 1. The van der Waals surface area contributed by atoms with Crippen LogP contribution in [0.25, 0.3) is 11.2 Å². The van der Waals surface area contributed by atoms with Crippen LogP contribution in [0.4, 0.5) is 16.2 Å². The summed E-state index contributed by atoms with van der Waals surface area (Å²) < 4.78 is 17.1. The maximum Gasteiger partial charge on any atom is 0.285 e. The summed E-state index contributed by atoms with van der Waals surface area (Å²) >= 11 is 0. The minimum absolute atomic E-state index is 0.0413. The van der Waals surface area contributed by atoms with Gasteiger partial charge in [0.15, 0.2) is 22.9 Å². The van der Waals surface area contributed by atoms with Crippen LogP contribution >= 0.6 is 0 Å². The maximum atomic E-state index is 14.4. The van der Waals surface area contributed by atoms with Crippen LogP contribution in [0.1, 0.15) is 36.1 Å². The number of nitrogens with zero attached hydrogens (tertiary/aromatic N) is 6. The van der Waals surface area contributed by atoms with Crippen LogP contribution in [0, 0.1) is 11.7 Å². The van der Waals surface area contributed by atoms with E-state index in [1.165, 1.54) is 34.5 Å². The lowest BCUT2D eigenvalue weighted by molar-refractivity contribution is 0.101. The topological polar surface area (TPSA) is 111 Å². The van der Waals surface area contributed by atoms with Gasteiger partial charge in [-0.15, -0.1) is 0 Å². The lowest BCUT2D eigenvalue weighted by Gasteiger charge is -2.47. The van der Waals surface area contributed by atoms with Crippen molar-refractivity contribution < 1.29 is 9.18 Å². The predicted molar refractivity (Wildman–Crippen MR) is 116 cm³/mol. The smallest absolute Gasteiger partial charge is 0.285 e. The number of anilines is 2. The van der Waals surface area contributed by atoms with E-state index in [-0.39, 0.29) is 23.2 Å². The average Bonchev–Trinajstić information content (AvgIpc) is 3.13. The van der Waals surface area contributed by atoms with Crippen LogP contribution in [0.5, 0.6) is 0 Å². The molecule has 1 fully saturated rings. The van der Waals surface area contributed by atoms with E-state index in [4.69, 9.17) is 5.73 Å². The van der Waals surface area contributed by atoms with E-state index in [0.29, 0.717) is 29.4 Å². The highest BCUT2D eigenvalue weighted by atomic mass is 19.1. The van der Waals surface area contributed by atoms with E-state index < -0.39 is 17.4 Å². The Morgan fingerprint density at radius 1 is 1.22 bits per heavy atom. The molecule has 1 aliphatic heterocycles. The number of nitrogen functional groups attached to an aromatic ring is 1. The third-order valence-corrected chi connectivity index (χ3v) is 5.74. The molecule has 2 atom stereocenters. The Labute approximate surface area is 181 Å². The monoisotopic (exact) mass is 433 g/mol. The molecular weight excluding hydrogens is 413 g/mol. The minimum Gasteiger partial charge on any atom is -0.368 e. The second-order valence-corrected chi connectivity index (χ2v) is 7.89. The third kappa shape index (κ3) is 2.95. The van der Waals surface area contributed by atoms with Crippen molar-refractivity contribution in [2.45, 2.75) is 19.9 Å². The Bertz CT molecular complexity index is 1410. The molecule has 4 aromatic rings. The number of aromatic nitrogens is 5. The molecule has 1 aliphatic rings. The summed E-state index contributed by atoms with van der Waals surface area (Å²) in [5, 5.41) is 4.62. The lowest BCUT2D eigenvalue weighted by Crippen LogP contribution is -2.52. The number of benzene rings is 1. The van der Waals surface area contributed by atoms with Crippen LogP contribution in [0.2, 0.25) is 0 Å². The van der Waals surface area contributed by atoms with Crippen molar-refractivity contribution in [2.75, 3.05) is 17.2 Å². The van der Waals surface area contributed by atoms with Crippen molar-refractivity contribution in [1.82, 2.24) is 24.1 Å². The van der Waals surface area contributed by atoms with Crippen molar-refractivity contribution in [3.63, 3.8) is 0 Å². The molecule has 0 spiro atoms. The van der Waals surface area contributed by atoms with Crippen LogP contribution < -0.4 is 16.2 Å². The van der Waals surface area contributed by atoms with E-state index in [2.05, 4.69) is 15.1 Å². The van der Waals surface area contributed by atoms with E-state index in [0.717, 1.165) is 0 Å². The zero-order valence-electron chi connectivity index (χ0n) is 17.4. The number of hydrogen-bond donors (Lipinski definition) is 1. The molecule has 10 heteroatoms. The second-order valence-electron chi connectivity index (χ2n) is 7.89. The van der Waals surface area contributed by atoms with E-state index >= 15 is 0 Å². The summed E-state index contributed by atoms with van der Waals surface area (Å²) in [6.07, 6.45) is 2.82. The van der Waals surface area contributed by atoms with Crippen molar-refractivity contribution >= 4 is 23.1 Å². The van der Waals surface area contributed by atoms with Gasteiger partial charge in [0.2, 0.25) is 5.95 Å². The molecule has 0 bridgehead atoms. The number of ketones is 1. The standard InChI is InChI=1S/C22H20FN7O2/c1-12-11-28(19-15(13(2)31)10-25-22(24)26-19)17(12)20-27-29-9-8-16(23)18(29)21(32)30(20)14-6-4-3-5-7-14/h3-10,12,17H,11H2,1-2H3,(H2,24,25,26)/t12-,17+/m1/s1. The van der Waals surface area contributed by atoms with Gasteiger partial charge in [0, 0.05) is 24.9 Å². The molecule has 3 aromatic heterocycles. The van der Waals surface area contributed by atoms with Crippen LogP contribution in [0.3, 0.4) is 0 Å². The Hall–Kier alpha value is -4.08. The number of carbonyl (C=O) groups excluding carboxylic acids is 1. The summed E-state index contributed by atoms with van der Waals surface area (Å²) in [5.41, 5.74) is 6.06. The molecule has 0 aliphatic carbocycles. The first-order valence-electron chi connectivity index (χ1n) is 10.1. The van der Waals surface area contributed by atoms with Gasteiger partial charge < -0.3 is 10.6 Å². The predicted octanol–water partition coefficient (Wildman–Crippen LogP) is 2.40. The summed E-state index contributed by atoms with van der Waals surface area (Å²) in [6, 6.07) is 9.77. The molecule has 0 amide bonds. The van der Waals surface area contributed by atoms with Gasteiger partial charge in [-0.05, 0) is 25.1 Å². The molecule has 1 aromatic carbocycles. The largest absolute Gasteiger partial charge is 0.368 e. The minimum atomic E-state index is -0.639. The van der Waals surface area contributed by atoms with Gasteiger partial charge in [0.1, 0.15) is 5.82 Å². The summed E-state index contributed by atoms with van der Waals surface area (Å²) in [4.78, 5) is 35.7. The van der Waals surface area contributed by atoms with Gasteiger partial charge in [0.05, 0.1) is 17.3 Å². The summed E-state index contributed by atoms with van der Waals surface area (Å²) in [5.74, 6) is 0.0789. The highest BCUT2D eigenvalue weighted by Crippen LogP contribution is 2.42. The zero-order valence-corrected chi connectivity index (χ0v) is 17.4. The number of carbonyl (C=O) groups is 1. The van der Waals surface area contributed by atoms with Gasteiger partial charge in [-0.25, -0.2) is 13.9 Å². The Kier molecular flexibility index (Phi) is 4.50. The highest BCUT2D eigenvalue weighted by Gasteiger charge is 2.43. The Balaban J connectivity index is 1.75. The van der Waals surface area contributed by atoms with Crippen molar-refractivity contribution in [1.29, 1.82) is 0 Å². The number of hydrogen-bond acceptors (Lipinski definition) is 7. The lowest BCUT2D eigenvalue weighted by atomic mass is 9.88. The molecular formula is C22H20FN7O2. The fourth-order valence-corrected chi connectivity index (χ4v) is 4.22. The fourth-order valence-electron chi connectivity index (χ4n) is 4.22. The second kappa shape index (κ2) is 7.26. The van der Waals surface area contributed by atoms with Crippen molar-refractivity contribution in [2.24, 2.45) is 5.92 Å². The van der Waals surface area contributed by atoms with Crippen molar-refractivity contribution in [3.8, 4) is 5.69 Å².